The van der Waals surface area contributed by atoms with Gasteiger partial charge in [-0.05, 0) is 36.8 Å². The SMILES string of the molecule is CCOc1ccc(NC(=O)CC2(c3ccccc3)C(=O)c3ccccc3C2=O)cc1. The summed E-state index contributed by atoms with van der Waals surface area (Å²) in [6, 6.07) is 22.5. The van der Waals surface area contributed by atoms with Crippen LogP contribution in [0.4, 0.5) is 5.69 Å². The van der Waals surface area contributed by atoms with Crippen LogP contribution < -0.4 is 10.1 Å². The fourth-order valence-electron chi connectivity index (χ4n) is 3.94. The molecule has 0 aliphatic heterocycles. The summed E-state index contributed by atoms with van der Waals surface area (Å²) in [5.74, 6) is -0.377. The zero-order valence-corrected chi connectivity index (χ0v) is 16.6. The average molecular weight is 399 g/mol. The van der Waals surface area contributed by atoms with Gasteiger partial charge in [0.05, 0.1) is 13.0 Å². The van der Waals surface area contributed by atoms with Crippen LogP contribution in [0.25, 0.3) is 0 Å². The Labute approximate surface area is 174 Å². The number of ether oxygens (including phenoxy) is 1. The van der Waals surface area contributed by atoms with Crippen molar-refractivity contribution in [1.82, 2.24) is 0 Å². The van der Waals surface area contributed by atoms with Gasteiger partial charge in [-0.2, -0.15) is 0 Å². The van der Waals surface area contributed by atoms with Gasteiger partial charge in [-0.15, -0.1) is 0 Å². The summed E-state index contributed by atoms with van der Waals surface area (Å²) in [6.45, 7) is 2.45. The highest BCUT2D eigenvalue weighted by Crippen LogP contribution is 2.42. The van der Waals surface area contributed by atoms with E-state index in [0.717, 1.165) is 0 Å². The van der Waals surface area contributed by atoms with Crippen LogP contribution in [0.2, 0.25) is 0 Å². The summed E-state index contributed by atoms with van der Waals surface area (Å²) in [6.07, 6.45) is -0.267. The minimum atomic E-state index is -1.56. The van der Waals surface area contributed by atoms with Crippen molar-refractivity contribution in [3.05, 3.63) is 95.6 Å². The first-order chi connectivity index (χ1) is 14.6. The molecule has 0 radical (unpaired) electrons. The third-order valence-corrected chi connectivity index (χ3v) is 5.33. The number of hydrogen-bond donors (Lipinski definition) is 1. The molecule has 4 rings (SSSR count). The first-order valence-electron chi connectivity index (χ1n) is 9.83. The molecule has 30 heavy (non-hydrogen) atoms. The number of rotatable bonds is 6. The largest absolute Gasteiger partial charge is 0.494 e. The minimum Gasteiger partial charge on any atom is -0.494 e. The molecular weight excluding hydrogens is 378 g/mol. The Morgan fingerprint density at radius 1 is 0.833 bits per heavy atom. The smallest absolute Gasteiger partial charge is 0.226 e. The van der Waals surface area contributed by atoms with Gasteiger partial charge in [0.25, 0.3) is 0 Å². The molecule has 5 nitrogen and oxygen atoms in total. The van der Waals surface area contributed by atoms with E-state index in [-0.39, 0.29) is 18.0 Å². The Balaban J connectivity index is 1.66. The van der Waals surface area contributed by atoms with Crippen molar-refractivity contribution < 1.29 is 19.1 Å². The van der Waals surface area contributed by atoms with E-state index in [9.17, 15) is 14.4 Å². The number of hydrogen-bond acceptors (Lipinski definition) is 4. The molecule has 1 N–H and O–H groups in total. The molecule has 0 spiro atoms. The van der Waals surface area contributed by atoms with Crippen molar-refractivity contribution in [3.63, 3.8) is 0 Å². The highest BCUT2D eigenvalue weighted by molar-refractivity contribution is 6.34. The molecule has 0 bridgehead atoms. The van der Waals surface area contributed by atoms with Gasteiger partial charge in [0.1, 0.15) is 11.2 Å². The number of Topliss-reactive ketones (excluding diaryl/α,β-unsaturated/α-hetero) is 2. The van der Waals surface area contributed by atoms with Crippen LogP contribution in [-0.4, -0.2) is 24.1 Å². The van der Waals surface area contributed by atoms with E-state index in [1.165, 1.54) is 0 Å². The standard InChI is InChI=1S/C25H21NO4/c1-2-30-19-14-12-18(13-15-19)26-22(27)16-25(17-8-4-3-5-9-17)23(28)20-10-6-7-11-21(20)24(25)29/h3-15H,2,16H2,1H3,(H,26,27). The van der Waals surface area contributed by atoms with Crippen LogP contribution in [-0.2, 0) is 10.2 Å². The lowest BCUT2D eigenvalue weighted by Crippen LogP contribution is -2.41. The lowest BCUT2D eigenvalue weighted by molar-refractivity contribution is -0.116. The maximum Gasteiger partial charge on any atom is 0.226 e. The third-order valence-electron chi connectivity index (χ3n) is 5.33. The van der Waals surface area contributed by atoms with Crippen molar-refractivity contribution in [2.75, 3.05) is 11.9 Å². The van der Waals surface area contributed by atoms with E-state index >= 15 is 0 Å². The van der Waals surface area contributed by atoms with Crippen molar-refractivity contribution in [2.24, 2.45) is 0 Å². The van der Waals surface area contributed by atoms with Gasteiger partial charge in [0.15, 0.2) is 11.6 Å². The Morgan fingerprint density at radius 2 is 1.40 bits per heavy atom. The van der Waals surface area contributed by atoms with Crippen molar-refractivity contribution >= 4 is 23.2 Å². The van der Waals surface area contributed by atoms with E-state index in [4.69, 9.17) is 4.74 Å². The molecule has 0 unspecified atom stereocenters. The van der Waals surface area contributed by atoms with Crippen molar-refractivity contribution in [3.8, 4) is 5.75 Å². The number of amides is 1. The summed E-state index contributed by atoms with van der Waals surface area (Å²) in [7, 11) is 0. The number of fused-ring (bicyclic) bond motifs is 1. The molecule has 0 saturated carbocycles. The van der Waals surface area contributed by atoms with E-state index in [0.29, 0.717) is 34.7 Å². The number of carbonyl (C=O) groups excluding carboxylic acids is 3. The molecule has 0 atom stereocenters. The number of nitrogens with one attached hydrogen (secondary N) is 1. The monoisotopic (exact) mass is 399 g/mol. The second-order valence-electron chi connectivity index (χ2n) is 7.16. The van der Waals surface area contributed by atoms with E-state index in [1.807, 2.05) is 13.0 Å². The van der Waals surface area contributed by atoms with Gasteiger partial charge in [-0.25, -0.2) is 0 Å². The Morgan fingerprint density at radius 3 is 1.97 bits per heavy atom. The number of carbonyl (C=O) groups is 3. The minimum absolute atomic E-state index is 0.267. The first kappa shape index (κ1) is 19.6. The van der Waals surface area contributed by atoms with Crippen LogP contribution in [0.1, 0.15) is 39.6 Å². The molecule has 3 aromatic rings. The van der Waals surface area contributed by atoms with E-state index < -0.39 is 11.3 Å². The molecule has 5 heteroatoms. The van der Waals surface area contributed by atoms with Gasteiger partial charge in [0, 0.05) is 16.8 Å². The molecule has 1 amide bonds. The maximum atomic E-state index is 13.4. The molecule has 1 aliphatic carbocycles. The second-order valence-corrected chi connectivity index (χ2v) is 7.16. The highest BCUT2D eigenvalue weighted by Gasteiger charge is 2.55. The Hall–Kier alpha value is -3.73. The van der Waals surface area contributed by atoms with Gasteiger partial charge < -0.3 is 10.1 Å². The van der Waals surface area contributed by atoms with Gasteiger partial charge in [0.2, 0.25) is 5.91 Å². The molecule has 1 aliphatic rings. The van der Waals surface area contributed by atoms with Crippen molar-refractivity contribution in [2.45, 2.75) is 18.8 Å². The predicted octanol–water partition coefficient (Wildman–Crippen LogP) is 4.43. The molecule has 0 heterocycles. The number of anilines is 1. The summed E-state index contributed by atoms with van der Waals surface area (Å²) in [4.78, 5) is 39.8. The number of ketones is 2. The van der Waals surface area contributed by atoms with E-state index in [1.54, 1.807) is 72.8 Å². The Bertz CT molecular complexity index is 1070. The first-order valence-corrected chi connectivity index (χ1v) is 9.83. The highest BCUT2D eigenvalue weighted by atomic mass is 16.5. The summed E-state index contributed by atoms with van der Waals surface area (Å²) in [5.41, 5.74) is 0.265. The zero-order chi connectivity index (χ0) is 21.1. The van der Waals surface area contributed by atoms with Crippen molar-refractivity contribution in [1.29, 1.82) is 0 Å². The maximum absolute atomic E-state index is 13.4. The second kappa shape index (κ2) is 7.95. The topological polar surface area (TPSA) is 72.5 Å². The van der Waals surface area contributed by atoms with Crippen LogP contribution >= 0.6 is 0 Å². The number of benzene rings is 3. The fourth-order valence-corrected chi connectivity index (χ4v) is 3.94. The van der Waals surface area contributed by atoms with Crippen LogP contribution in [0, 0.1) is 0 Å². The van der Waals surface area contributed by atoms with E-state index in [2.05, 4.69) is 5.32 Å². The normalized spacial score (nSPS) is 14.3. The molecule has 0 fully saturated rings. The van der Waals surface area contributed by atoms with Gasteiger partial charge >= 0.3 is 0 Å². The summed E-state index contributed by atoms with van der Waals surface area (Å²) >= 11 is 0. The van der Waals surface area contributed by atoms with Crippen LogP contribution in [0.3, 0.4) is 0 Å². The molecule has 150 valence electrons. The Kier molecular flexibility index (Phi) is 5.19. The van der Waals surface area contributed by atoms with Gasteiger partial charge in [-0.1, -0.05) is 54.6 Å². The molecule has 0 aromatic heterocycles. The van der Waals surface area contributed by atoms with Gasteiger partial charge in [-0.3, -0.25) is 14.4 Å². The average Bonchev–Trinajstić information content (AvgIpc) is 2.99. The predicted molar refractivity (Wildman–Crippen MR) is 114 cm³/mol. The third kappa shape index (κ3) is 3.28. The zero-order valence-electron chi connectivity index (χ0n) is 16.6. The molecule has 0 saturated heterocycles. The summed E-state index contributed by atoms with van der Waals surface area (Å²) < 4.78 is 5.41. The summed E-state index contributed by atoms with van der Waals surface area (Å²) in [5, 5.41) is 2.80. The van der Waals surface area contributed by atoms with Crippen LogP contribution in [0.15, 0.2) is 78.9 Å². The quantitative estimate of drug-likeness (QED) is 0.623. The van der Waals surface area contributed by atoms with Crippen LogP contribution in [0.5, 0.6) is 5.75 Å². The fraction of sp³-hybridized carbons (Fsp3) is 0.160. The lowest BCUT2D eigenvalue weighted by atomic mass is 9.73. The molecular formula is C25H21NO4. The lowest BCUT2D eigenvalue weighted by Gasteiger charge is -2.26. The molecule has 3 aromatic carbocycles.